The monoisotopic (exact) mass is 203 g/mol. The van der Waals surface area contributed by atoms with E-state index in [9.17, 15) is 0 Å². The molecule has 0 fully saturated rings. The summed E-state index contributed by atoms with van der Waals surface area (Å²) in [4.78, 5) is 2.55. The number of ether oxygens (including phenoxy) is 1. The molecule has 0 bridgehead atoms. The maximum Gasteiger partial charge on any atom is 0.0351 e. The van der Waals surface area contributed by atoms with Gasteiger partial charge < -0.3 is 9.64 Å². The van der Waals surface area contributed by atoms with Gasteiger partial charge in [-0.3, -0.25) is 0 Å². The summed E-state index contributed by atoms with van der Waals surface area (Å²) in [5.74, 6) is 0.795. The Morgan fingerprint density at radius 1 is 1.07 bits per heavy atom. The van der Waals surface area contributed by atoms with Crippen molar-refractivity contribution in [2.75, 3.05) is 27.3 Å². The normalized spacial score (nSPS) is 10.7. The Labute approximate surface area is 90.6 Å². The topological polar surface area (TPSA) is 12.5 Å². The van der Waals surface area contributed by atoms with Gasteiger partial charge >= 0.3 is 0 Å². The summed E-state index contributed by atoms with van der Waals surface area (Å²) < 4.78 is 4.25. The quantitative estimate of drug-likeness (QED) is 0.681. The summed E-state index contributed by atoms with van der Waals surface area (Å²) in [7, 11) is 3.25. The van der Waals surface area contributed by atoms with Gasteiger partial charge in [0.25, 0.3) is 0 Å². The zero-order valence-electron chi connectivity index (χ0n) is 11.1. The predicted octanol–water partition coefficient (Wildman–Crippen LogP) is 3.03. The predicted molar refractivity (Wildman–Crippen MR) is 64.8 cm³/mol. The molecule has 0 aliphatic heterocycles. The van der Waals surface area contributed by atoms with Crippen molar-refractivity contribution < 1.29 is 4.74 Å². The van der Waals surface area contributed by atoms with Gasteiger partial charge in [-0.15, -0.1) is 0 Å². The molecule has 88 valence electrons. The molecule has 0 N–H and O–H groups in total. The van der Waals surface area contributed by atoms with Gasteiger partial charge in [-0.05, 0) is 32.7 Å². The smallest absolute Gasteiger partial charge is 0.0351 e. The van der Waals surface area contributed by atoms with Crippen molar-refractivity contribution in [2.45, 2.75) is 47.1 Å². The molecule has 0 rings (SSSR count). The van der Waals surface area contributed by atoms with E-state index >= 15 is 0 Å². The third-order valence-corrected chi connectivity index (χ3v) is 1.84. The minimum Gasteiger partial charge on any atom is -0.388 e. The lowest BCUT2D eigenvalue weighted by atomic mass is 10.2. The van der Waals surface area contributed by atoms with E-state index in [1.807, 2.05) is 0 Å². The van der Waals surface area contributed by atoms with Crippen LogP contribution in [0, 0.1) is 5.92 Å². The molecule has 0 heterocycles. The van der Waals surface area contributed by atoms with Crippen LogP contribution >= 0.6 is 0 Å². The van der Waals surface area contributed by atoms with E-state index in [1.165, 1.54) is 19.5 Å². The average Bonchev–Trinajstić information content (AvgIpc) is 2.04. The summed E-state index contributed by atoms with van der Waals surface area (Å²) in [6.07, 6.45) is 1.27. The minimum absolute atomic E-state index is 0.706. The molecule has 0 unspecified atom stereocenters. The first-order valence-electron chi connectivity index (χ1n) is 5.63. The van der Waals surface area contributed by atoms with Gasteiger partial charge in [-0.2, -0.15) is 0 Å². The molecule has 0 amide bonds. The van der Waals surface area contributed by atoms with Crippen molar-refractivity contribution in [3.63, 3.8) is 0 Å². The van der Waals surface area contributed by atoms with E-state index in [4.69, 9.17) is 0 Å². The maximum atomic E-state index is 4.25. The Morgan fingerprint density at radius 2 is 1.50 bits per heavy atom. The van der Waals surface area contributed by atoms with E-state index in [0.717, 1.165) is 5.92 Å². The highest BCUT2D eigenvalue weighted by Crippen LogP contribution is 2.04. The SMILES string of the molecule is CCCN(CC(C)C)C(C)C.COC. The van der Waals surface area contributed by atoms with E-state index in [-0.39, 0.29) is 0 Å². The summed E-state index contributed by atoms with van der Waals surface area (Å²) in [6.45, 7) is 13.9. The van der Waals surface area contributed by atoms with E-state index in [2.05, 4.69) is 44.3 Å². The van der Waals surface area contributed by atoms with Crippen molar-refractivity contribution in [2.24, 2.45) is 5.92 Å². The lowest BCUT2D eigenvalue weighted by Crippen LogP contribution is -2.34. The Kier molecular flexibility index (Phi) is 12.8. The molecule has 0 atom stereocenters. The third kappa shape index (κ3) is 11.9. The van der Waals surface area contributed by atoms with Crippen molar-refractivity contribution >= 4 is 0 Å². The number of hydrogen-bond donors (Lipinski definition) is 0. The fraction of sp³-hybridized carbons (Fsp3) is 1.00. The molecule has 0 aliphatic rings. The third-order valence-electron chi connectivity index (χ3n) is 1.84. The first-order chi connectivity index (χ1) is 6.49. The Hall–Kier alpha value is -0.0800. The molecule has 0 radical (unpaired) electrons. The number of nitrogens with zero attached hydrogens (tertiary/aromatic N) is 1. The van der Waals surface area contributed by atoms with Gasteiger partial charge in [0, 0.05) is 26.8 Å². The highest BCUT2D eigenvalue weighted by molar-refractivity contribution is 4.63. The Morgan fingerprint density at radius 3 is 1.71 bits per heavy atom. The van der Waals surface area contributed by atoms with Gasteiger partial charge in [0.05, 0.1) is 0 Å². The van der Waals surface area contributed by atoms with Gasteiger partial charge in [0.2, 0.25) is 0 Å². The lowest BCUT2D eigenvalue weighted by Gasteiger charge is -2.27. The van der Waals surface area contributed by atoms with Crippen LogP contribution in [0.4, 0.5) is 0 Å². The zero-order chi connectivity index (χ0) is 11.6. The van der Waals surface area contributed by atoms with Crippen molar-refractivity contribution in [1.29, 1.82) is 0 Å². The molecule has 0 aromatic heterocycles. The van der Waals surface area contributed by atoms with Crippen LogP contribution in [0.1, 0.15) is 41.0 Å². The van der Waals surface area contributed by atoms with Crippen LogP contribution in [0.5, 0.6) is 0 Å². The summed E-state index contributed by atoms with van der Waals surface area (Å²) in [6, 6.07) is 0.706. The second kappa shape index (κ2) is 11.0. The van der Waals surface area contributed by atoms with Crippen LogP contribution in [0.2, 0.25) is 0 Å². The van der Waals surface area contributed by atoms with Gasteiger partial charge in [-0.25, -0.2) is 0 Å². The maximum absolute atomic E-state index is 4.25. The molecular weight excluding hydrogens is 174 g/mol. The molecule has 2 heteroatoms. The molecular formula is C12H29NO. The number of hydrogen-bond acceptors (Lipinski definition) is 2. The molecule has 0 aliphatic carbocycles. The molecule has 0 aromatic carbocycles. The Balaban J connectivity index is 0. The molecule has 0 saturated heterocycles. The van der Waals surface area contributed by atoms with Crippen LogP contribution in [-0.4, -0.2) is 38.3 Å². The second-order valence-corrected chi connectivity index (χ2v) is 4.39. The van der Waals surface area contributed by atoms with Crippen LogP contribution in [0.15, 0.2) is 0 Å². The molecule has 0 spiro atoms. The van der Waals surface area contributed by atoms with Gasteiger partial charge in [0.15, 0.2) is 0 Å². The fourth-order valence-corrected chi connectivity index (χ4v) is 1.32. The van der Waals surface area contributed by atoms with Gasteiger partial charge in [0.1, 0.15) is 0 Å². The highest BCUT2D eigenvalue weighted by atomic mass is 16.4. The van der Waals surface area contributed by atoms with Crippen LogP contribution < -0.4 is 0 Å². The van der Waals surface area contributed by atoms with Crippen LogP contribution in [-0.2, 0) is 4.74 Å². The van der Waals surface area contributed by atoms with E-state index in [0.29, 0.717) is 6.04 Å². The molecule has 2 nitrogen and oxygen atoms in total. The van der Waals surface area contributed by atoms with E-state index < -0.39 is 0 Å². The summed E-state index contributed by atoms with van der Waals surface area (Å²) in [5, 5.41) is 0. The van der Waals surface area contributed by atoms with Crippen molar-refractivity contribution in [1.82, 2.24) is 4.90 Å². The minimum atomic E-state index is 0.706. The lowest BCUT2D eigenvalue weighted by molar-refractivity contribution is 0.198. The zero-order valence-corrected chi connectivity index (χ0v) is 11.1. The standard InChI is InChI=1S/C10H23N.C2H6O/c1-6-7-11(10(4)5)8-9(2)3;1-3-2/h9-10H,6-8H2,1-5H3;1-2H3. The Bertz CT molecular complexity index is 102. The largest absolute Gasteiger partial charge is 0.388 e. The summed E-state index contributed by atoms with van der Waals surface area (Å²) in [5.41, 5.74) is 0. The molecule has 0 aromatic rings. The molecule has 14 heavy (non-hydrogen) atoms. The number of methoxy groups -OCH3 is 1. The molecule has 0 saturated carbocycles. The highest BCUT2D eigenvalue weighted by Gasteiger charge is 2.08. The van der Waals surface area contributed by atoms with E-state index in [1.54, 1.807) is 14.2 Å². The van der Waals surface area contributed by atoms with Crippen LogP contribution in [0.3, 0.4) is 0 Å². The summed E-state index contributed by atoms with van der Waals surface area (Å²) >= 11 is 0. The van der Waals surface area contributed by atoms with Crippen molar-refractivity contribution in [3.05, 3.63) is 0 Å². The fourth-order valence-electron chi connectivity index (χ4n) is 1.32. The van der Waals surface area contributed by atoms with Crippen molar-refractivity contribution in [3.8, 4) is 0 Å². The first-order valence-corrected chi connectivity index (χ1v) is 5.63. The van der Waals surface area contributed by atoms with Crippen LogP contribution in [0.25, 0.3) is 0 Å². The average molecular weight is 203 g/mol. The van der Waals surface area contributed by atoms with Gasteiger partial charge in [-0.1, -0.05) is 20.8 Å². The number of rotatable bonds is 5. The first kappa shape index (κ1) is 16.4. The second-order valence-electron chi connectivity index (χ2n) is 4.39.